The molecule has 0 fully saturated rings. The van der Waals surface area contributed by atoms with Crippen LogP contribution in [0.25, 0.3) is 0 Å². The zero-order valence-corrected chi connectivity index (χ0v) is 6.82. The molecule has 10 heavy (non-hydrogen) atoms. The average Bonchev–Trinajstić information content (AvgIpc) is 2.08. The van der Waals surface area contributed by atoms with Gasteiger partial charge in [0.1, 0.15) is 0 Å². The fourth-order valence-electron chi connectivity index (χ4n) is 1.47. The van der Waals surface area contributed by atoms with E-state index in [1.54, 1.807) is 6.92 Å². The minimum Gasteiger partial charge on any atom is -0.295 e. The maximum absolute atomic E-state index is 11.0. The molecule has 0 N–H and O–H groups in total. The van der Waals surface area contributed by atoms with E-state index in [9.17, 15) is 4.79 Å². The van der Waals surface area contributed by atoms with Gasteiger partial charge in [0, 0.05) is 5.57 Å². The predicted molar refractivity (Wildman–Crippen MR) is 40.5 cm³/mol. The Morgan fingerprint density at radius 3 is 2.40 bits per heavy atom. The standard InChI is InChI=1S/C9H13O/c1-7(10)8-5-4-6-9(8,2)3/h4,6H2,1-3H3. The summed E-state index contributed by atoms with van der Waals surface area (Å²) in [6, 6.07) is 0. The Labute approximate surface area is 62.1 Å². The van der Waals surface area contributed by atoms with Crippen molar-refractivity contribution in [1.82, 2.24) is 0 Å². The van der Waals surface area contributed by atoms with Crippen molar-refractivity contribution in [2.45, 2.75) is 33.6 Å². The van der Waals surface area contributed by atoms with E-state index in [0.717, 1.165) is 18.4 Å². The molecular weight excluding hydrogens is 124 g/mol. The van der Waals surface area contributed by atoms with Crippen LogP contribution in [0, 0.1) is 11.5 Å². The number of hydrogen-bond donors (Lipinski definition) is 0. The summed E-state index contributed by atoms with van der Waals surface area (Å²) in [5.41, 5.74) is 0.985. The minimum absolute atomic E-state index is 0.0891. The molecule has 0 aromatic rings. The van der Waals surface area contributed by atoms with Crippen LogP contribution in [0.2, 0.25) is 0 Å². The van der Waals surface area contributed by atoms with Gasteiger partial charge in [-0.15, -0.1) is 0 Å². The van der Waals surface area contributed by atoms with E-state index in [2.05, 4.69) is 19.9 Å². The van der Waals surface area contributed by atoms with Crippen molar-refractivity contribution < 1.29 is 4.79 Å². The van der Waals surface area contributed by atoms with E-state index in [0.29, 0.717) is 0 Å². The highest BCUT2D eigenvalue weighted by atomic mass is 16.1. The molecule has 1 radical (unpaired) electrons. The SMILES string of the molecule is CC(=O)C1=[C]CCC1(C)C. The van der Waals surface area contributed by atoms with Crippen LogP contribution in [0.4, 0.5) is 0 Å². The molecule has 0 spiro atoms. The van der Waals surface area contributed by atoms with E-state index in [1.807, 2.05) is 0 Å². The fraction of sp³-hybridized carbons (Fsp3) is 0.667. The Kier molecular flexibility index (Phi) is 1.67. The first-order chi connectivity index (χ1) is 4.54. The first-order valence-corrected chi connectivity index (χ1v) is 3.66. The van der Waals surface area contributed by atoms with Crippen molar-refractivity contribution >= 4 is 5.78 Å². The molecule has 1 aliphatic carbocycles. The summed E-state index contributed by atoms with van der Waals surface area (Å²) in [5.74, 6) is 0.183. The molecule has 0 bridgehead atoms. The summed E-state index contributed by atoms with van der Waals surface area (Å²) in [6.07, 6.45) is 5.13. The molecule has 0 aromatic heterocycles. The normalized spacial score (nSPS) is 22.5. The van der Waals surface area contributed by atoms with Crippen LogP contribution in [-0.4, -0.2) is 5.78 Å². The van der Waals surface area contributed by atoms with Crippen LogP contribution >= 0.6 is 0 Å². The quantitative estimate of drug-likeness (QED) is 0.541. The zero-order valence-electron chi connectivity index (χ0n) is 6.82. The van der Waals surface area contributed by atoms with Gasteiger partial charge in [-0.1, -0.05) is 13.8 Å². The molecule has 0 aromatic carbocycles. The second-order valence-corrected chi connectivity index (χ2v) is 3.49. The highest BCUT2D eigenvalue weighted by Crippen LogP contribution is 2.37. The van der Waals surface area contributed by atoms with Crippen LogP contribution in [-0.2, 0) is 4.79 Å². The molecule has 55 valence electrons. The van der Waals surface area contributed by atoms with Gasteiger partial charge < -0.3 is 0 Å². The number of rotatable bonds is 1. The van der Waals surface area contributed by atoms with Crippen LogP contribution in [0.5, 0.6) is 0 Å². The van der Waals surface area contributed by atoms with Crippen molar-refractivity contribution in [2.75, 3.05) is 0 Å². The molecule has 0 saturated carbocycles. The van der Waals surface area contributed by atoms with Gasteiger partial charge in [0.25, 0.3) is 0 Å². The lowest BCUT2D eigenvalue weighted by Crippen LogP contribution is -2.15. The molecule has 0 amide bonds. The molecule has 0 saturated heterocycles. The first-order valence-electron chi connectivity index (χ1n) is 3.66. The second-order valence-electron chi connectivity index (χ2n) is 3.49. The predicted octanol–water partition coefficient (Wildman–Crippen LogP) is 2.12. The van der Waals surface area contributed by atoms with Crippen LogP contribution in [0.15, 0.2) is 5.57 Å². The lowest BCUT2D eigenvalue weighted by Gasteiger charge is -2.19. The summed E-state index contributed by atoms with van der Waals surface area (Å²) >= 11 is 0. The van der Waals surface area contributed by atoms with Crippen molar-refractivity contribution in [3.8, 4) is 0 Å². The van der Waals surface area contributed by atoms with E-state index < -0.39 is 0 Å². The molecule has 1 nitrogen and oxygen atoms in total. The third-order valence-corrected chi connectivity index (χ3v) is 2.08. The van der Waals surface area contributed by atoms with Gasteiger partial charge in [-0.05, 0) is 31.3 Å². The van der Waals surface area contributed by atoms with Gasteiger partial charge in [0.15, 0.2) is 5.78 Å². The lowest BCUT2D eigenvalue weighted by atomic mass is 9.84. The topological polar surface area (TPSA) is 17.1 Å². The highest BCUT2D eigenvalue weighted by Gasteiger charge is 2.29. The van der Waals surface area contributed by atoms with Gasteiger partial charge in [-0.3, -0.25) is 4.79 Å². The number of ketones is 1. The molecule has 0 atom stereocenters. The Balaban J connectivity index is 2.85. The van der Waals surface area contributed by atoms with Gasteiger partial charge in [-0.25, -0.2) is 0 Å². The summed E-state index contributed by atoms with van der Waals surface area (Å²) in [7, 11) is 0. The fourth-order valence-corrected chi connectivity index (χ4v) is 1.47. The molecular formula is C9H13O. The van der Waals surface area contributed by atoms with Gasteiger partial charge in [0.05, 0.1) is 0 Å². The van der Waals surface area contributed by atoms with Gasteiger partial charge in [-0.2, -0.15) is 0 Å². The Morgan fingerprint density at radius 1 is 1.60 bits per heavy atom. The lowest BCUT2D eigenvalue weighted by molar-refractivity contribution is -0.114. The summed E-state index contributed by atoms with van der Waals surface area (Å²) < 4.78 is 0. The van der Waals surface area contributed by atoms with Crippen molar-refractivity contribution in [3.63, 3.8) is 0 Å². The average molecular weight is 137 g/mol. The number of allylic oxidation sites excluding steroid dienone is 2. The van der Waals surface area contributed by atoms with Crippen LogP contribution in [0.3, 0.4) is 0 Å². The van der Waals surface area contributed by atoms with E-state index >= 15 is 0 Å². The smallest absolute Gasteiger partial charge is 0.156 e. The first kappa shape index (κ1) is 7.52. The number of carbonyl (C=O) groups excluding carboxylic acids is 1. The maximum Gasteiger partial charge on any atom is 0.156 e. The van der Waals surface area contributed by atoms with E-state index in [4.69, 9.17) is 0 Å². The second kappa shape index (κ2) is 2.22. The molecule has 1 rings (SSSR count). The van der Waals surface area contributed by atoms with Gasteiger partial charge in [0.2, 0.25) is 0 Å². The summed E-state index contributed by atoms with van der Waals surface area (Å²) in [6.45, 7) is 5.82. The minimum atomic E-state index is 0.0891. The molecule has 1 heteroatoms. The Bertz CT molecular complexity index is 187. The number of carbonyl (C=O) groups is 1. The van der Waals surface area contributed by atoms with Gasteiger partial charge >= 0.3 is 0 Å². The zero-order chi connectivity index (χ0) is 7.78. The van der Waals surface area contributed by atoms with Crippen LogP contribution in [0.1, 0.15) is 33.6 Å². The molecule has 0 aliphatic heterocycles. The summed E-state index contributed by atoms with van der Waals surface area (Å²) in [5, 5.41) is 0. The van der Waals surface area contributed by atoms with Crippen molar-refractivity contribution in [2.24, 2.45) is 5.41 Å². The number of hydrogen-bond acceptors (Lipinski definition) is 1. The third-order valence-electron chi connectivity index (χ3n) is 2.08. The maximum atomic E-state index is 11.0. The molecule has 0 unspecified atom stereocenters. The largest absolute Gasteiger partial charge is 0.295 e. The number of Topliss-reactive ketones (excluding diaryl/α,β-unsaturated/α-hetero) is 1. The van der Waals surface area contributed by atoms with E-state index in [-0.39, 0.29) is 11.2 Å². The van der Waals surface area contributed by atoms with Crippen molar-refractivity contribution in [3.05, 3.63) is 11.6 Å². The van der Waals surface area contributed by atoms with Crippen molar-refractivity contribution in [1.29, 1.82) is 0 Å². The summed E-state index contributed by atoms with van der Waals surface area (Å²) in [4.78, 5) is 11.0. The van der Waals surface area contributed by atoms with Crippen LogP contribution < -0.4 is 0 Å². The molecule has 1 aliphatic rings. The third kappa shape index (κ3) is 1.13. The van der Waals surface area contributed by atoms with E-state index in [1.165, 1.54) is 0 Å². The molecule has 0 heterocycles. The Hall–Kier alpha value is -0.590. The Morgan fingerprint density at radius 2 is 2.20 bits per heavy atom. The highest BCUT2D eigenvalue weighted by molar-refractivity contribution is 5.94. The monoisotopic (exact) mass is 137 g/mol.